The zero-order valence-corrected chi connectivity index (χ0v) is 2.72. The van der Waals surface area contributed by atoms with Gasteiger partial charge in [-0.1, -0.05) is 0 Å². The van der Waals surface area contributed by atoms with Gasteiger partial charge < -0.3 is 10.5 Å². The second kappa shape index (κ2) is 1.97. The monoisotopic (exact) mass is 69.0 g/mol. The summed E-state index contributed by atoms with van der Waals surface area (Å²) in [5, 5.41) is 0. The molecule has 0 aromatic heterocycles. The topological polar surface area (TPSA) is 43.1 Å². The van der Waals surface area contributed by atoms with E-state index < -0.39 is 5.94 Å². The summed E-state index contributed by atoms with van der Waals surface area (Å²) in [7, 11) is 4.70. The first kappa shape index (κ1) is 4.69. The highest BCUT2D eigenvalue weighted by Crippen LogP contribution is 1.45. The van der Waals surface area contributed by atoms with Crippen molar-refractivity contribution in [2.75, 3.05) is 0 Å². The molecule has 3 heteroatoms. The number of nitrogens with two attached hydrogens (primary N) is 1. The van der Waals surface area contributed by atoms with Gasteiger partial charge in [-0.15, -0.1) is 0 Å². The minimum atomic E-state index is -0.796. The number of hydrogen-bond donors (Lipinski definition) is 1. The smallest absolute Gasteiger partial charge is 0.127 e. The standard InChI is InChI=1S/C2H4BNO/c3-2(4)1-5/h1-2H,4H2/t2-/m1/s1. The van der Waals surface area contributed by atoms with Gasteiger partial charge in [-0.25, -0.2) is 0 Å². The first-order chi connectivity index (χ1) is 2.27. The fourth-order valence-corrected chi connectivity index (χ4v) is 0. The molecule has 0 aromatic carbocycles. The van der Waals surface area contributed by atoms with Gasteiger partial charge >= 0.3 is 0 Å². The van der Waals surface area contributed by atoms with E-state index in [0.29, 0.717) is 6.29 Å². The summed E-state index contributed by atoms with van der Waals surface area (Å²) in [6.45, 7) is 0. The maximum Gasteiger partial charge on any atom is 0.127 e. The van der Waals surface area contributed by atoms with Crippen LogP contribution in [0.3, 0.4) is 0 Å². The summed E-state index contributed by atoms with van der Waals surface area (Å²) in [5.74, 6) is -0.796. The molecule has 0 unspecified atom stereocenters. The van der Waals surface area contributed by atoms with E-state index >= 15 is 0 Å². The van der Waals surface area contributed by atoms with Gasteiger partial charge in [0.15, 0.2) is 0 Å². The molecule has 0 aliphatic carbocycles. The van der Waals surface area contributed by atoms with Gasteiger partial charge in [-0.2, -0.15) is 0 Å². The van der Waals surface area contributed by atoms with Gasteiger partial charge in [0, 0.05) is 5.94 Å². The average molecular weight is 68.9 g/mol. The lowest BCUT2D eigenvalue weighted by molar-refractivity contribution is -0.107. The third-order valence-electron chi connectivity index (χ3n) is 0.157. The molecule has 0 aliphatic heterocycles. The molecule has 0 spiro atoms. The molecule has 2 N–H and O–H groups in total. The van der Waals surface area contributed by atoms with Gasteiger partial charge in [-0.3, -0.25) is 0 Å². The molecule has 0 amide bonds. The van der Waals surface area contributed by atoms with Crippen molar-refractivity contribution in [3.63, 3.8) is 0 Å². The Hall–Kier alpha value is -0.305. The largest absolute Gasteiger partial charge is 0.329 e. The molecule has 0 aromatic rings. The van der Waals surface area contributed by atoms with Crippen molar-refractivity contribution in [1.82, 2.24) is 0 Å². The molecular formula is C2H4BNO. The summed E-state index contributed by atoms with van der Waals surface area (Å²) in [4.78, 5) is 9.25. The normalized spacial score (nSPS) is 13.8. The van der Waals surface area contributed by atoms with Crippen molar-refractivity contribution in [1.29, 1.82) is 0 Å². The Morgan fingerprint density at radius 2 is 2.20 bits per heavy atom. The maximum absolute atomic E-state index is 9.25. The molecule has 2 radical (unpaired) electrons. The molecule has 26 valence electrons. The highest BCUT2D eigenvalue weighted by atomic mass is 16.1. The molecule has 1 atom stereocenters. The van der Waals surface area contributed by atoms with Crippen LogP contribution in [0, 0.1) is 0 Å². The van der Waals surface area contributed by atoms with Crippen molar-refractivity contribution in [3.05, 3.63) is 0 Å². The molecule has 0 saturated heterocycles. The van der Waals surface area contributed by atoms with Crippen LogP contribution in [0.2, 0.25) is 0 Å². The third kappa shape index (κ3) is 3.69. The van der Waals surface area contributed by atoms with Gasteiger partial charge in [0.05, 0.1) is 0 Å². The van der Waals surface area contributed by atoms with E-state index in [1.54, 1.807) is 0 Å². The van der Waals surface area contributed by atoms with E-state index in [4.69, 9.17) is 13.6 Å². The summed E-state index contributed by atoms with van der Waals surface area (Å²) >= 11 is 0. The van der Waals surface area contributed by atoms with Crippen molar-refractivity contribution < 1.29 is 4.79 Å². The molecule has 0 bridgehead atoms. The zero-order valence-electron chi connectivity index (χ0n) is 2.72. The van der Waals surface area contributed by atoms with Crippen LogP contribution in [-0.2, 0) is 4.79 Å². The highest BCUT2D eigenvalue weighted by Gasteiger charge is 1.79. The number of rotatable bonds is 1. The lowest BCUT2D eigenvalue weighted by atomic mass is 10.0. The number of hydrogen-bond acceptors (Lipinski definition) is 2. The Morgan fingerprint density at radius 3 is 2.20 bits per heavy atom. The molecular weight excluding hydrogens is 64.8 g/mol. The van der Waals surface area contributed by atoms with Crippen molar-refractivity contribution in [3.8, 4) is 0 Å². The number of aldehydes is 1. The second-order valence-corrected chi connectivity index (χ2v) is 0.713. The summed E-state index contributed by atoms with van der Waals surface area (Å²) in [6, 6.07) is 0. The Labute approximate surface area is 31.8 Å². The summed E-state index contributed by atoms with van der Waals surface area (Å²) < 4.78 is 0. The first-order valence-electron chi connectivity index (χ1n) is 1.24. The average Bonchev–Trinajstić information content (AvgIpc) is 1.38. The lowest BCUT2D eigenvalue weighted by Crippen LogP contribution is -2.20. The van der Waals surface area contributed by atoms with Crippen LogP contribution in [0.1, 0.15) is 0 Å². The minimum Gasteiger partial charge on any atom is -0.329 e. The lowest BCUT2D eigenvalue weighted by Gasteiger charge is -1.81. The SMILES string of the molecule is [B][C@H](N)C=O. The predicted octanol–water partition coefficient (Wildman–Crippen LogP) is -1.36. The molecule has 0 saturated carbocycles. The Morgan fingerprint density at radius 1 is 2.00 bits per heavy atom. The quantitative estimate of drug-likeness (QED) is 0.305. The molecule has 0 aliphatic rings. The van der Waals surface area contributed by atoms with Gasteiger partial charge in [0.25, 0.3) is 0 Å². The van der Waals surface area contributed by atoms with Crippen LogP contribution in [0.4, 0.5) is 0 Å². The minimum absolute atomic E-state index is 0.472. The predicted molar refractivity (Wildman–Crippen MR) is 19.8 cm³/mol. The van der Waals surface area contributed by atoms with Gasteiger partial charge in [-0.05, 0) is 0 Å². The van der Waals surface area contributed by atoms with E-state index in [0.717, 1.165) is 0 Å². The molecule has 0 rings (SSSR count). The molecule has 0 fully saturated rings. The maximum atomic E-state index is 9.25. The van der Waals surface area contributed by atoms with Crippen LogP contribution >= 0.6 is 0 Å². The van der Waals surface area contributed by atoms with E-state index in [1.807, 2.05) is 0 Å². The van der Waals surface area contributed by atoms with Crippen LogP contribution in [0.25, 0.3) is 0 Å². The molecule has 5 heavy (non-hydrogen) atoms. The number of carbonyl (C=O) groups excluding carboxylic acids is 1. The van der Waals surface area contributed by atoms with Gasteiger partial charge in [0.2, 0.25) is 0 Å². The Balaban J connectivity index is 2.83. The van der Waals surface area contributed by atoms with Crippen molar-refractivity contribution in [2.24, 2.45) is 5.73 Å². The Bertz CT molecular complexity index is 36.6. The van der Waals surface area contributed by atoms with Crippen LogP contribution < -0.4 is 5.73 Å². The zero-order chi connectivity index (χ0) is 4.28. The Kier molecular flexibility index (Phi) is 1.85. The first-order valence-corrected chi connectivity index (χ1v) is 1.24. The van der Waals surface area contributed by atoms with Crippen molar-refractivity contribution >= 4 is 14.1 Å². The van der Waals surface area contributed by atoms with E-state index in [2.05, 4.69) is 0 Å². The van der Waals surface area contributed by atoms with E-state index in [9.17, 15) is 4.79 Å². The summed E-state index contributed by atoms with van der Waals surface area (Å²) in [5.41, 5.74) is 4.70. The van der Waals surface area contributed by atoms with E-state index in [1.165, 1.54) is 0 Å². The fraction of sp³-hybridized carbons (Fsp3) is 0.500. The number of carbonyl (C=O) groups is 1. The highest BCUT2D eigenvalue weighted by molar-refractivity contribution is 6.19. The van der Waals surface area contributed by atoms with Gasteiger partial charge in [0.1, 0.15) is 14.1 Å². The second-order valence-electron chi connectivity index (χ2n) is 0.713. The van der Waals surface area contributed by atoms with Crippen LogP contribution in [-0.4, -0.2) is 20.1 Å². The van der Waals surface area contributed by atoms with E-state index in [-0.39, 0.29) is 0 Å². The summed E-state index contributed by atoms with van der Waals surface area (Å²) in [6.07, 6.45) is 0.472. The molecule has 2 nitrogen and oxygen atoms in total. The third-order valence-corrected chi connectivity index (χ3v) is 0.157. The molecule has 0 heterocycles. The van der Waals surface area contributed by atoms with Crippen LogP contribution in [0.5, 0.6) is 0 Å². The fourth-order valence-electron chi connectivity index (χ4n) is 0. The van der Waals surface area contributed by atoms with Crippen LogP contribution in [0.15, 0.2) is 0 Å². The van der Waals surface area contributed by atoms with Crippen molar-refractivity contribution in [2.45, 2.75) is 5.94 Å².